The van der Waals surface area contributed by atoms with Crippen molar-refractivity contribution in [2.24, 2.45) is 17.8 Å². The molecule has 0 bridgehead atoms. The van der Waals surface area contributed by atoms with Gasteiger partial charge in [-0.1, -0.05) is 37.3 Å². The highest BCUT2D eigenvalue weighted by Crippen LogP contribution is 2.43. The first-order valence-corrected chi connectivity index (χ1v) is 8.41. The van der Waals surface area contributed by atoms with Gasteiger partial charge in [-0.15, -0.1) is 0 Å². The molecule has 0 spiro atoms. The minimum absolute atomic E-state index is 0.434. The molecule has 2 aliphatic carbocycles. The number of allylic oxidation sites excluding steroid dienone is 1. The number of hydrogen-bond donors (Lipinski definition) is 0. The molecule has 1 aromatic rings. The van der Waals surface area contributed by atoms with E-state index in [0.29, 0.717) is 17.6 Å². The second-order valence-electron chi connectivity index (χ2n) is 6.62. The highest BCUT2D eigenvalue weighted by molar-refractivity contribution is 6.51. The number of rotatable bonds is 3. The minimum atomic E-state index is 0.434. The van der Waals surface area contributed by atoms with E-state index in [4.69, 9.17) is 0 Å². The maximum absolute atomic E-state index is 12.0. The van der Waals surface area contributed by atoms with Gasteiger partial charge in [0.2, 0.25) is 0 Å². The standard InChI is InChI=1S/C18H24BNO/c1-19-15-7-9-16(20-12-15)8-6-14-11-17(21)10-13-4-2-3-5-18(13)14/h6-9,12-14,18-19H,2-5,10-11H2,1H3/b8-6+/t13-,14+,18+/m0/s1. The molecule has 0 aliphatic heterocycles. The largest absolute Gasteiger partial charge is 0.300 e. The van der Waals surface area contributed by atoms with E-state index in [1.165, 1.54) is 31.1 Å². The van der Waals surface area contributed by atoms with E-state index in [0.717, 1.165) is 31.7 Å². The summed E-state index contributed by atoms with van der Waals surface area (Å²) in [5.74, 6) is 2.26. The molecule has 2 fully saturated rings. The van der Waals surface area contributed by atoms with Gasteiger partial charge in [0, 0.05) is 19.0 Å². The molecular formula is C18H24BNO. The van der Waals surface area contributed by atoms with Gasteiger partial charge >= 0.3 is 0 Å². The van der Waals surface area contributed by atoms with Crippen LogP contribution in [0.4, 0.5) is 0 Å². The average Bonchev–Trinajstić information content (AvgIpc) is 2.53. The van der Waals surface area contributed by atoms with Crippen molar-refractivity contribution in [1.29, 1.82) is 0 Å². The lowest BCUT2D eigenvalue weighted by Crippen LogP contribution is -2.34. The molecule has 1 aromatic heterocycles. The monoisotopic (exact) mass is 281 g/mol. The van der Waals surface area contributed by atoms with Crippen molar-refractivity contribution in [2.45, 2.75) is 45.3 Å². The SMILES string of the molecule is CBc1ccc(/C=C/[C@@H]2CC(=O)C[C@@H]3CCCC[C@H]32)nc1. The number of fused-ring (bicyclic) bond motifs is 1. The van der Waals surface area contributed by atoms with Crippen molar-refractivity contribution >= 4 is 24.6 Å². The van der Waals surface area contributed by atoms with Crippen LogP contribution in [-0.2, 0) is 4.79 Å². The average molecular weight is 281 g/mol. The third-order valence-corrected chi connectivity index (χ3v) is 5.24. The molecule has 3 heteroatoms. The highest BCUT2D eigenvalue weighted by Gasteiger charge is 2.36. The molecule has 2 aliphatic rings. The van der Waals surface area contributed by atoms with Gasteiger partial charge in [0.1, 0.15) is 5.78 Å². The summed E-state index contributed by atoms with van der Waals surface area (Å²) in [5.41, 5.74) is 2.28. The summed E-state index contributed by atoms with van der Waals surface area (Å²) >= 11 is 0. The number of Topliss-reactive ketones (excluding diaryl/α,β-unsaturated/α-hetero) is 1. The van der Waals surface area contributed by atoms with Crippen LogP contribution in [-0.4, -0.2) is 18.0 Å². The normalized spacial score (nSPS) is 29.4. The Balaban J connectivity index is 1.71. The number of pyridine rings is 1. The summed E-state index contributed by atoms with van der Waals surface area (Å²) < 4.78 is 0. The van der Waals surface area contributed by atoms with Crippen LogP contribution in [0.15, 0.2) is 24.4 Å². The maximum Gasteiger partial charge on any atom is 0.156 e. The fraction of sp³-hybridized carbons (Fsp3) is 0.556. The van der Waals surface area contributed by atoms with Gasteiger partial charge in [0.15, 0.2) is 7.28 Å². The predicted molar refractivity (Wildman–Crippen MR) is 89.1 cm³/mol. The molecule has 0 unspecified atom stereocenters. The summed E-state index contributed by atoms with van der Waals surface area (Å²) in [6.45, 7) is 2.14. The van der Waals surface area contributed by atoms with Crippen LogP contribution < -0.4 is 5.46 Å². The van der Waals surface area contributed by atoms with Gasteiger partial charge in [-0.3, -0.25) is 9.78 Å². The summed E-state index contributed by atoms with van der Waals surface area (Å²) in [6, 6.07) is 4.22. The maximum atomic E-state index is 12.0. The molecule has 0 saturated heterocycles. The molecule has 0 aromatic carbocycles. The van der Waals surface area contributed by atoms with E-state index in [9.17, 15) is 4.79 Å². The van der Waals surface area contributed by atoms with E-state index < -0.39 is 0 Å². The van der Waals surface area contributed by atoms with Crippen molar-refractivity contribution in [3.05, 3.63) is 30.1 Å². The lowest BCUT2D eigenvalue weighted by atomic mass is 9.65. The van der Waals surface area contributed by atoms with Gasteiger partial charge in [-0.2, -0.15) is 0 Å². The minimum Gasteiger partial charge on any atom is -0.300 e. The van der Waals surface area contributed by atoms with Crippen LogP contribution in [0.1, 0.15) is 44.2 Å². The van der Waals surface area contributed by atoms with Crippen LogP contribution in [0, 0.1) is 17.8 Å². The smallest absolute Gasteiger partial charge is 0.156 e. The molecule has 1 heterocycles. The van der Waals surface area contributed by atoms with Gasteiger partial charge in [0.25, 0.3) is 0 Å². The van der Waals surface area contributed by atoms with Gasteiger partial charge in [-0.25, -0.2) is 0 Å². The second kappa shape index (κ2) is 6.59. The van der Waals surface area contributed by atoms with Crippen molar-refractivity contribution in [3.63, 3.8) is 0 Å². The highest BCUT2D eigenvalue weighted by atomic mass is 16.1. The zero-order valence-corrected chi connectivity index (χ0v) is 12.9. The molecule has 2 nitrogen and oxygen atoms in total. The Hall–Kier alpha value is -1.38. The fourth-order valence-electron chi connectivity index (χ4n) is 4.02. The topological polar surface area (TPSA) is 30.0 Å². The van der Waals surface area contributed by atoms with Crippen LogP contribution in [0.3, 0.4) is 0 Å². The quantitative estimate of drug-likeness (QED) is 0.797. The van der Waals surface area contributed by atoms with E-state index in [2.05, 4.69) is 36.1 Å². The lowest BCUT2D eigenvalue weighted by Gasteiger charge is -2.39. The zero-order chi connectivity index (χ0) is 14.7. The van der Waals surface area contributed by atoms with Crippen molar-refractivity contribution < 1.29 is 4.79 Å². The van der Waals surface area contributed by atoms with E-state index >= 15 is 0 Å². The Labute approximate surface area is 128 Å². The zero-order valence-electron chi connectivity index (χ0n) is 12.9. The van der Waals surface area contributed by atoms with Crippen molar-refractivity contribution in [1.82, 2.24) is 4.98 Å². The van der Waals surface area contributed by atoms with Crippen molar-refractivity contribution in [2.75, 3.05) is 0 Å². The van der Waals surface area contributed by atoms with Crippen molar-refractivity contribution in [3.8, 4) is 0 Å². The molecule has 3 atom stereocenters. The molecule has 21 heavy (non-hydrogen) atoms. The Morgan fingerprint density at radius 1 is 1.24 bits per heavy atom. The molecule has 0 amide bonds. The van der Waals surface area contributed by atoms with E-state index in [-0.39, 0.29) is 0 Å². The number of ketones is 1. The molecule has 2 saturated carbocycles. The second-order valence-corrected chi connectivity index (χ2v) is 6.62. The Morgan fingerprint density at radius 2 is 2.10 bits per heavy atom. The number of hydrogen-bond acceptors (Lipinski definition) is 2. The molecule has 110 valence electrons. The third-order valence-electron chi connectivity index (χ3n) is 5.24. The molecule has 0 radical (unpaired) electrons. The molecule has 3 rings (SSSR count). The summed E-state index contributed by atoms with van der Waals surface area (Å²) in [7, 11) is 1.03. The van der Waals surface area contributed by atoms with Gasteiger partial charge in [0.05, 0.1) is 5.69 Å². The first-order valence-electron chi connectivity index (χ1n) is 8.41. The third kappa shape index (κ3) is 3.45. The number of carbonyl (C=O) groups is 1. The lowest BCUT2D eigenvalue weighted by molar-refractivity contribution is -0.124. The Bertz CT molecular complexity index is 523. The van der Waals surface area contributed by atoms with Crippen LogP contribution in [0.2, 0.25) is 6.82 Å². The first-order chi connectivity index (χ1) is 10.3. The molecule has 0 N–H and O–H groups in total. The van der Waals surface area contributed by atoms with Gasteiger partial charge in [-0.05, 0) is 42.7 Å². The Kier molecular flexibility index (Phi) is 4.57. The van der Waals surface area contributed by atoms with Crippen LogP contribution in [0.25, 0.3) is 6.08 Å². The van der Waals surface area contributed by atoms with E-state index in [1.54, 1.807) is 0 Å². The van der Waals surface area contributed by atoms with Crippen LogP contribution in [0.5, 0.6) is 0 Å². The molecular weight excluding hydrogens is 257 g/mol. The van der Waals surface area contributed by atoms with Crippen LogP contribution >= 0.6 is 0 Å². The Morgan fingerprint density at radius 3 is 2.86 bits per heavy atom. The first kappa shape index (κ1) is 14.6. The summed E-state index contributed by atoms with van der Waals surface area (Å²) in [6.07, 6.45) is 13.1. The van der Waals surface area contributed by atoms with E-state index in [1.807, 2.05) is 6.20 Å². The number of aromatic nitrogens is 1. The summed E-state index contributed by atoms with van der Waals surface area (Å²) in [4.78, 5) is 16.5. The predicted octanol–water partition coefficient (Wildman–Crippen LogP) is 2.99. The van der Waals surface area contributed by atoms with Gasteiger partial charge < -0.3 is 0 Å². The fourth-order valence-corrected chi connectivity index (χ4v) is 4.02. The number of carbonyl (C=O) groups excluding carboxylic acids is 1. The number of nitrogens with zero attached hydrogens (tertiary/aromatic N) is 1. The summed E-state index contributed by atoms with van der Waals surface area (Å²) in [5, 5.41) is 0.